The third-order valence-electron chi connectivity index (χ3n) is 9.57. The van der Waals surface area contributed by atoms with Crippen molar-refractivity contribution in [1.82, 2.24) is 0 Å². The molecule has 2 N–H and O–H groups in total. The zero-order chi connectivity index (χ0) is 23.2. The summed E-state index contributed by atoms with van der Waals surface area (Å²) in [4.78, 5) is 25.4. The molecule has 6 rings (SSSR count). The lowest BCUT2D eigenvalue weighted by Gasteiger charge is -2.59. The van der Waals surface area contributed by atoms with Crippen LogP contribution in [0.2, 0.25) is 0 Å². The number of aliphatic hydroxyl groups excluding tert-OH is 2. The largest absolute Gasteiger partial charge is 0.464 e. The fraction of sp³-hybridized carbons (Fsp3) is 0.615. The van der Waals surface area contributed by atoms with Gasteiger partial charge in [0.2, 0.25) is 6.29 Å². The van der Waals surface area contributed by atoms with E-state index in [2.05, 4.69) is 6.92 Å². The van der Waals surface area contributed by atoms with E-state index >= 15 is 0 Å². The molecule has 0 aromatic carbocycles. The summed E-state index contributed by atoms with van der Waals surface area (Å²) >= 11 is 0. The minimum absolute atomic E-state index is 0.00437. The van der Waals surface area contributed by atoms with Crippen LogP contribution in [0.4, 0.5) is 0 Å². The molecule has 1 aliphatic heterocycles. The monoisotopic (exact) mass is 454 g/mol. The summed E-state index contributed by atoms with van der Waals surface area (Å²) in [5, 5.41) is 21.5. The zero-order valence-electron chi connectivity index (χ0n) is 18.9. The Balaban J connectivity index is 1.41. The van der Waals surface area contributed by atoms with Gasteiger partial charge >= 0.3 is 0 Å². The summed E-state index contributed by atoms with van der Waals surface area (Å²) in [6.07, 6.45) is 7.42. The fourth-order valence-corrected chi connectivity index (χ4v) is 8.24. The molecule has 7 nitrogen and oxygen atoms in total. The molecule has 0 bridgehead atoms. The maximum atomic E-state index is 13.4. The predicted molar refractivity (Wildman–Crippen MR) is 116 cm³/mol. The number of rotatable bonds is 3. The normalized spacial score (nSPS) is 48.0. The Labute approximate surface area is 192 Å². The summed E-state index contributed by atoms with van der Waals surface area (Å²) in [6.45, 7) is 3.49. The van der Waals surface area contributed by atoms with E-state index in [1.807, 2.05) is 13.0 Å². The molecule has 0 radical (unpaired) electrons. The molecule has 2 heterocycles. The van der Waals surface area contributed by atoms with Crippen LogP contribution >= 0.6 is 0 Å². The summed E-state index contributed by atoms with van der Waals surface area (Å²) in [5.74, 6) is 0.254. The number of ketones is 2. The maximum Gasteiger partial charge on any atom is 0.218 e. The molecular weight excluding hydrogens is 424 g/mol. The number of Topliss-reactive ketones (excluding diaryl/α,β-unsaturated/α-hetero) is 1. The van der Waals surface area contributed by atoms with Gasteiger partial charge in [-0.1, -0.05) is 25.5 Å². The molecule has 176 valence electrons. The van der Waals surface area contributed by atoms with Crippen molar-refractivity contribution in [3.8, 4) is 0 Å². The highest BCUT2D eigenvalue weighted by Gasteiger charge is 2.76. The Hall–Kier alpha value is -2.06. The van der Waals surface area contributed by atoms with E-state index in [0.29, 0.717) is 18.6 Å². The molecular formula is C26H30O7. The van der Waals surface area contributed by atoms with Crippen LogP contribution in [-0.2, 0) is 19.1 Å². The van der Waals surface area contributed by atoms with Crippen molar-refractivity contribution in [2.45, 2.75) is 63.6 Å². The van der Waals surface area contributed by atoms with Crippen molar-refractivity contribution in [3.05, 3.63) is 48.0 Å². The topological polar surface area (TPSA) is 106 Å². The number of carbonyl (C=O) groups is 2. The number of hydrogen-bond acceptors (Lipinski definition) is 7. The standard InChI is InChI=1S/C26H30O7/c1-24-8-7-15(28)10-14(24)5-6-16-17-11-21-26(20(30)13-27,25(17,2)12-18(29)22(16)24)33-23(32-21)19-4-3-9-31-19/h3-4,7-10,16-18,21-23,27,29H,5-6,11-13H2,1-2H3/t16-,17-,18+,21-,22+,23+,24+,25+,26+/m1/s1. The van der Waals surface area contributed by atoms with Gasteiger partial charge in [-0.2, -0.15) is 0 Å². The quantitative estimate of drug-likeness (QED) is 0.723. The average molecular weight is 455 g/mol. The number of allylic oxidation sites excluding steroid dienone is 4. The van der Waals surface area contributed by atoms with Gasteiger partial charge in [-0.05, 0) is 61.8 Å². The summed E-state index contributed by atoms with van der Waals surface area (Å²) in [7, 11) is 0. The van der Waals surface area contributed by atoms with Gasteiger partial charge in [0.25, 0.3) is 0 Å². The molecule has 0 unspecified atom stereocenters. The molecule has 0 spiro atoms. The second-order valence-corrected chi connectivity index (χ2v) is 10.9. The van der Waals surface area contributed by atoms with Crippen molar-refractivity contribution in [2.24, 2.45) is 28.6 Å². The number of hydrogen-bond donors (Lipinski definition) is 2. The van der Waals surface area contributed by atoms with Crippen LogP contribution in [0.15, 0.2) is 46.6 Å². The van der Waals surface area contributed by atoms with E-state index in [1.54, 1.807) is 24.3 Å². The summed E-state index contributed by atoms with van der Waals surface area (Å²) in [5.41, 5.74) is -1.35. The molecule has 3 saturated carbocycles. The fourth-order valence-electron chi connectivity index (χ4n) is 8.24. The van der Waals surface area contributed by atoms with E-state index in [-0.39, 0.29) is 29.0 Å². The number of fused-ring (bicyclic) bond motifs is 7. The van der Waals surface area contributed by atoms with Crippen LogP contribution < -0.4 is 0 Å². The molecule has 4 aliphatic carbocycles. The van der Waals surface area contributed by atoms with E-state index in [1.165, 1.54) is 6.26 Å². The number of furan rings is 1. The van der Waals surface area contributed by atoms with E-state index in [9.17, 15) is 19.8 Å². The highest BCUT2D eigenvalue weighted by atomic mass is 16.8. The van der Waals surface area contributed by atoms with Crippen LogP contribution in [-0.4, -0.2) is 46.2 Å². The van der Waals surface area contributed by atoms with Crippen molar-refractivity contribution in [3.63, 3.8) is 0 Å². The average Bonchev–Trinajstić information content (AvgIpc) is 3.48. The molecule has 5 aliphatic rings. The van der Waals surface area contributed by atoms with Gasteiger partial charge in [0.15, 0.2) is 22.9 Å². The first-order chi connectivity index (χ1) is 15.7. The predicted octanol–water partition coefficient (Wildman–Crippen LogP) is 2.88. The molecule has 1 saturated heterocycles. The molecule has 33 heavy (non-hydrogen) atoms. The lowest BCUT2D eigenvalue weighted by Crippen LogP contribution is -2.63. The summed E-state index contributed by atoms with van der Waals surface area (Å²) < 4.78 is 18.2. The second-order valence-electron chi connectivity index (χ2n) is 10.9. The van der Waals surface area contributed by atoms with Crippen molar-refractivity contribution in [1.29, 1.82) is 0 Å². The minimum Gasteiger partial charge on any atom is -0.464 e. The Morgan fingerprint density at radius 3 is 2.85 bits per heavy atom. The van der Waals surface area contributed by atoms with Crippen LogP contribution in [0, 0.1) is 28.6 Å². The van der Waals surface area contributed by atoms with E-state index in [0.717, 1.165) is 18.4 Å². The van der Waals surface area contributed by atoms with Gasteiger partial charge in [0, 0.05) is 16.7 Å². The minimum atomic E-state index is -1.34. The van der Waals surface area contributed by atoms with Crippen molar-refractivity contribution >= 4 is 11.6 Å². The zero-order valence-corrected chi connectivity index (χ0v) is 18.9. The van der Waals surface area contributed by atoms with Gasteiger partial charge in [0.1, 0.15) is 6.61 Å². The molecule has 1 aromatic rings. The highest BCUT2D eigenvalue weighted by Crippen LogP contribution is 2.70. The third-order valence-corrected chi connectivity index (χ3v) is 9.57. The first-order valence-electron chi connectivity index (χ1n) is 11.9. The smallest absolute Gasteiger partial charge is 0.218 e. The molecule has 0 amide bonds. The van der Waals surface area contributed by atoms with Gasteiger partial charge < -0.3 is 24.1 Å². The lowest BCUT2D eigenvalue weighted by atomic mass is 9.46. The maximum absolute atomic E-state index is 13.4. The Bertz CT molecular complexity index is 1060. The second kappa shape index (κ2) is 6.98. The molecule has 9 atom stereocenters. The SMILES string of the molecule is C[C@]12C=CC(=O)C=C1CC[C@H]1[C@H]2[C@@H](O)C[C@@]2(C)[C@@H]1C[C@H]1O[C@H](c3ccco3)O[C@@]12C(=O)CO. The lowest BCUT2D eigenvalue weighted by molar-refractivity contribution is -0.203. The van der Waals surface area contributed by atoms with Crippen LogP contribution in [0.3, 0.4) is 0 Å². The number of ether oxygens (including phenoxy) is 2. The van der Waals surface area contributed by atoms with Crippen LogP contribution in [0.25, 0.3) is 0 Å². The van der Waals surface area contributed by atoms with Gasteiger partial charge in [-0.25, -0.2) is 0 Å². The Morgan fingerprint density at radius 2 is 2.12 bits per heavy atom. The van der Waals surface area contributed by atoms with Crippen LogP contribution in [0.1, 0.15) is 51.6 Å². The van der Waals surface area contributed by atoms with Gasteiger partial charge in [0.05, 0.1) is 18.5 Å². The number of aliphatic hydroxyl groups is 2. The third kappa shape index (κ3) is 2.59. The first kappa shape index (κ1) is 21.5. The summed E-state index contributed by atoms with van der Waals surface area (Å²) in [6, 6.07) is 3.49. The van der Waals surface area contributed by atoms with Gasteiger partial charge in [-0.15, -0.1) is 0 Å². The van der Waals surface area contributed by atoms with E-state index < -0.39 is 41.9 Å². The number of carbonyl (C=O) groups excluding carboxylic acids is 2. The highest BCUT2D eigenvalue weighted by molar-refractivity contribution is 6.01. The molecule has 7 heteroatoms. The van der Waals surface area contributed by atoms with Crippen molar-refractivity contribution in [2.75, 3.05) is 6.61 Å². The molecule has 4 fully saturated rings. The first-order valence-corrected chi connectivity index (χ1v) is 11.9. The Kier molecular flexibility index (Phi) is 4.54. The Morgan fingerprint density at radius 1 is 1.30 bits per heavy atom. The van der Waals surface area contributed by atoms with Gasteiger partial charge in [-0.3, -0.25) is 9.59 Å². The van der Waals surface area contributed by atoms with Crippen molar-refractivity contribution < 1.29 is 33.7 Å². The van der Waals surface area contributed by atoms with E-state index in [4.69, 9.17) is 13.9 Å². The molecule has 1 aromatic heterocycles. The van der Waals surface area contributed by atoms with Crippen LogP contribution in [0.5, 0.6) is 0 Å².